The quantitative estimate of drug-likeness (QED) is 0.354. The van der Waals surface area contributed by atoms with Crippen LogP contribution in [0.4, 0.5) is 0 Å². The topological polar surface area (TPSA) is 99.3 Å². The molecule has 0 aliphatic carbocycles. The summed E-state index contributed by atoms with van der Waals surface area (Å²) in [6.45, 7) is 1.89. The van der Waals surface area contributed by atoms with Gasteiger partial charge in [-0.3, -0.25) is 0 Å². The molecule has 0 rings (SSSR count). The molecule has 1 unspecified atom stereocenters. The lowest BCUT2D eigenvalue weighted by atomic mass is 10.1. The van der Waals surface area contributed by atoms with Crippen molar-refractivity contribution in [2.45, 2.75) is 38.1 Å². The number of carbonyl (C=O) groups excluding carboxylic acids is 2. The Kier molecular flexibility index (Phi) is 5.60. The summed E-state index contributed by atoms with van der Waals surface area (Å²) in [5.41, 5.74) is 0. The lowest BCUT2D eigenvalue weighted by Gasteiger charge is -2.20. The van der Waals surface area contributed by atoms with Crippen molar-refractivity contribution in [2.75, 3.05) is 0 Å². The zero-order valence-corrected chi connectivity index (χ0v) is 7.80. The number of hydrogen-bond donors (Lipinski definition) is 2. The van der Waals surface area contributed by atoms with E-state index in [1.54, 1.807) is 0 Å². The first-order valence-corrected chi connectivity index (χ1v) is 4.19. The summed E-state index contributed by atoms with van der Waals surface area (Å²) in [5.74, 6) is -2.66. The van der Waals surface area contributed by atoms with Gasteiger partial charge in [-0.2, -0.15) is 4.99 Å². The molecule has 6 heteroatoms. The predicted molar refractivity (Wildman–Crippen MR) is 46.7 cm³/mol. The van der Waals surface area contributed by atoms with Gasteiger partial charge in [-0.15, -0.1) is 4.99 Å². The first kappa shape index (κ1) is 12.7. The summed E-state index contributed by atoms with van der Waals surface area (Å²) in [7, 11) is 0. The van der Waals surface area contributed by atoms with Crippen LogP contribution in [-0.2, 0) is 9.59 Å². The van der Waals surface area contributed by atoms with Crippen LogP contribution in [0.25, 0.3) is 0 Å². The molecule has 0 saturated heterocycles. The number of unbranched alkanes of at least 4 members (excludes halogenated alkanes) is 1. The number of hydrogen-bond acceptors (Lipinski definition) is 6. The number of aliphatic hydroxyl groups is 2. The highest BCUT2D eigenvalue weighted by molar-refractivity contribution is 5.36. The van der Waals surface area contributed by atoms with Crippen molar-refractivity contribution in [3.8, 4) is 0 Å². The number of isocyanates is 2. The highest BCUT2D eigenvalue weighted by Gasteiger charge is 2.34. The van der Waals surface area contributed by atoms with Gasteiger partial charge in [0.05, 0.1) is 0 Å². The normalized spacial score (nSPS) is 12.5. The zero-order chi connectivity index (χ0) is 11.0. The van der Waals surface area contributed by atoms with E-state index in [9.17, 15) is 19.8 Å². The first-order valence-electron chi connectivity index (χ1n) is 4.19. The highest BCUT2D eigenvalue weighted by Crippen LogP contribution is 2.17. The molecule has 0 bridgehead atoms. The third-order valence-electron chi connectivity index (χ3n) is 1.70. The summed E-state index contributed by atoms with van der Waals surface area (Å²) in [5, 5.41) is 18.4. The Morgan fingerprint density at radius 2 is 2.00 bits per heavy atom. The van der Waals surface area contributed by atoms with Crippen molar-refractivity contribution >= 4 is 12.2 Å². The van der Waals surface area contributed by atoms with Crippen molar-refractivity contribution < 1.29 is 19.8 Å². The van der Waals surface area contributed by atoms with Gasteiger partial charge in [0.25, 0.3) is 5.91 Å². The summed E-state index contributed by atoms with van der Waals surface area (Å²) in [6, 6.07) is -1.17. The van der Waals surface area contributed by atoms with Crippen molar-refractivity contribution in [3.63, 3.8) is 0 Å². The Morgan fingerprint density at radius 3 is 2.43 bits per heavy atom. The molecule has 0 saturated carbocycles. The van der Waals surface area contributed by atoms with E-state index in [1.165, 1.54) is 6.08 Å². The van der Waals surface area contributed by atoms with E-state index in [-0.39, 0.29) is 6.42 Å². The molecule has 6 nitrogen and oxygen atoms in total. The van der Waals surface area contributed by atoms with Gasteiger partial charge in [-0.25, -0.2) is 9.59 Å². The molecule has 0 aromatic rings. The lowest BCUT2D eigenvalue weighted by Crippen LogP contribution is -2.39. The van der Waals surface area contributed by atoms with E-state index in [2.05, 4.69) is 9.98 Å². The van der Waals surface area contributed by atoms with Crippen LogP contribution in [0.1, 0.15) is 26.2 Å². The minimum atomic E-state index is -2.66. The summed E-state index contributed by atoms with van der Waals surface area (Å²) in [4.78, 5) is 25.8. The van der Waals surface area contributed by atoms with Gasteiger partial charge >= 0.3 is 0 Å². The minimum Gasteiger partial charge on any atom is -0.345 e. The zero-order valence-electron chi connectivity index (χ0n) is 7.80. The molecular formula is C8H12N2O4. The van der Waals surface area contributed by atoms with Crippen LogP contribution in [0.3, 0.4) is 0 Å². The Bertz CT molecular complexity index is 265. The van der Waals surface area contributed by atoms with Gasteiger partial charge in [-0.05, 0) is 6.42 Å². The molecule has 0 aromatic carbocycles. The van der Waals surface area contributed by atoms with Crippen LogP contribution < -0.4 is 0 Å². The van der Waals surface area contributed by atoms with E-state index < -0.39 is 12.0 Å². The van der Waals surface area contributed by atoms with Crippen molar-refractivity contribution in [1.82, 2.24) is 0 Å². The van der Waals surface area contributed by atoms with Crippen LogP contribution >= 0.6 is 0 Å². The molecule has 0 heterocycles. The second-order valence-corrected chi connectivity index (χ2v) is 2.77. The maximum Gasteiger partial charge on any atom is 0.299 e. The van der Waals surface area contributed by atoms with Crippen LogP contribution in [-0.4, -0.2) is 34.3 Å². The van der Waals surface area contributed by atoms with Crippen molar-refractivity contribution in [1.29, 1.82) is 0 Å². The smallest absolute Gasteiger partial charge is 0.299 e. The second-order valence-electron chi connectivity index (χ2n) is 2.77. The fourth-order valence-electron chi connectivity index (χ4n) is 0.948. The maximum atomic E-state index is 9.98. The van der Waals surface area contributed by atoms with Crippen molar-refractivity contribution in [3.05, 3.63) is 0 Å². The molecular weight excluding hydrogens is 188 g/mol. The Morgan fingerprint density at radius 1 is 1.36 bits per heavy atom. The highest BCUT2D eigenvalue weighted by atomic mass is 16.5. The van der Waals surface area contributed by atoms with E-state index >= 15 is 0 Å². The minimum absolute atomic E-state index is 0.240. The lowest BCUT2D eigenvalue weighted by molar-refractivity contribution is -0.169. The molecule has 0 aliphatic heterocycles. The molecule has 0 aliphatic rings. The SMILES string of the molecule is CCCCC(N=C=O)C(O)(O)N=C=O. The van der Waals surface area contributed by atoms with E-state index in [1.807, 2.05) is 6.92 Å². The van der Waals surface area contributed by atoms with Crippen LogP contribution in [0, 0.1) is 0 Å². The van der Waals surface area contributed by atoms with Gasteiger partial charge in [0, 0.05) is 0 Å². The monoisotopic (exact) mass is 200 g/mol. The van der Waals surface area contributed by atoms with E-state index in [4.69, 9.17) is 0 Å². The summed E-state index contributed by atoms with van der Waals surface area (Å²) in [6.07, 6.45) is 3.88. The van der Waals surface area contributed by atoms with Crippen LogP contribution in [0.2, 0.25) is 0 Å². The van der Waals surface area contributed by atoms with Crippen molar-refractivity contribution in [2.24, 2.45) is 9.98 Å². The molecule has 78 valence electrons. The molecule has 14 heavy (non-hydrogen) atoms. The Hall–Kier alpha value is -1.32. The average Bonchev–Trinajstić information content (AvgIpc) is 2.11. The molecule has 0 radical (unpaired) electrons. The summed E-state index contributed by atoms with van der Waals surface area (Å²) >= 11 is 0. The molecule has 1 atom stereocenters. The van der Waals surface area contributed by atoms with Crippen LogP contribution in [0.5, 0.6) is 0 Å². The second kappa shape index (κ2) is 6.18. The van der Waals surface area contributed by atoms with Gasteiger partial charge in [0.1, 0.15) is 6.04 Å². The van der Waals surface area contributed by atoms with Gasteiger partial charge < -0.3 is 10.2 Å². The molecule has 0 amide bonds. The fourth-order valence-corrected chi connectivity index (χ4v) is 0.948. The standard InChI is InChI=1S/C8H12N2O4/c1-2-3-4-7(9-5-11)8(13,14)10-6-12/h7,13-14H,2-4H2,1H3. The number of nitrogens with zero attached hydrogens (tertiary/aromatic N) is 2. The fraction of sp³-hybridized carbons (Fsp3) is 0.750. The van der Waals surface area contributed by atoms with E-state index in [0.717, 1.165) is 12.5 Å². The Labute approximate surface area is 81.0 Å². The average molecular weight is 200 g/mol. The number of rotatable bonds is 6. The third kappa shape index (κ3) is 4.07. The van der Waals surface area contributed by atoms with Gasteiger partial charge in [-0.1, -0.05) is 19.8 Å². The number of aliphatic imine (C=N–C) groups is 2. The maximum absolute atomic E-state index is 9.98. The largest absolute Gasteiger partial charge is 0.345 e. The summed E-state index contributed by atoms with van der Waals surface area (Å²) < 4.78 is 0. The molecule has 0 aromatic heterocycles. The third-order valence-corrected chi connectivity index (χ3v) is 1.70. The molecule has 2 N–H and O–H groups in total. The predicted octanol–water partition coefficient (Wildman–Crippen LogP) is -0.145. The molecule has 0 spiro atoms. The first-order chi connectivity index (χ1) is 6.58. The van der Waals surface area contributed by atoms with E-state index in [0.29, 0.717) is 6.42 Å². The van der Waals surface area contributed by atoms with Gasteiger partial charge in [0.2, 0.25) is 12.2 Å². The van der Waals surface area contributed by atoms with Gasteiger partial charge in [0.15, 0.2) is 0 Å². The van der Waals surface area contributed by atoms with Crippen LogP contribution in [0.15, 0.2) is 9.98 Å². The molecule has 0 fully saturated rings. The Balaban J connectivity index is 4.61.